The van der Waals surface area contributed by atoms with Gasteiger partial charge < -0.3 is 5.32 Å². The summed E-state index contributed by atoms with van der Waals surface area (Å²) in [7, 11) is 0. The van der Waals surface area contributed by atoms with Gasteiger partial charge in [-0.2, -0.15) is 0 Å². The molecule has 0 aromatic heterocycles. The minimum atomic E-state index is -0.235. The molecule has 0 heterocycles. The van der Waals surface area contributed by atoms with Crippen LogP contribution in [-0.4, -0.2) is 18.2 Å². The third-order valence-corrected chi connectivity index (χ3v) is 3.54. The number of carbonyl (C=O) groups is 2. The number of nitrogens with one attached hydrogen (secondary N) is 1. The Balaban J connectivity index is 1.76. The van der Waals surface area contributed by atoms with Gasteiger partial charge in [-0.25, -0.2) is 0 Å². The van der Waals surface area contributed by atoms with Crippen LogP contribution in [0.1, 0.15) is 20.7 Å². The van der Waals surface area contributed by atoms with E-state index in [1.807, 2.05) is 42.5 Å². The highest BCUT2D eigenvalue weighted by molar-refractivity contribution is 6.08. The van der Waals surface area contributed by atoms with Crippen molar-refractivity contribution in [2.24, 2.45) is 0 Å². The van der Waals surface area contributed by atoms with Crippen molar-refractivity contribution in [2.45, 2.75) is 0 Å². The van der Waals surface area contributed by atoms with Gasteiger partial charge in [-0.3, -0.25) is 9.59 Å². The lowest BCUT2D eigenvalue weighted by Gasteiger charge is -2.07. The molecule has 0 radical (unpaired) electrons. The highest BCUT2D eigenvalue weighted by Gasteiger charge is 2.11. The zero-order valence-corrected chi connectivity index (χ0v) is 12.0. The first-order valence-corrected chi connectivity index (χ1v) is 7.10. The fourth-order valence-electron chi connectivity index (χ4n) is 2.41. The van der Waals surface area contributed by atoms with E-state index < -0.39 is 0 Å². The molecule has 0 spiro atoms. The quantitative estimate of drug-likeness (QED) is 0.748. The largest absolute Gasteiger partial charge is 0.345 e. The monoisotopic (exact) mass is 289 g/mol. The number of ketones is 1. The minimum absolute atomic E-state index is 0.00787. The standard InChI is InChI=1S/C19H15NO2/c21-18(15-8-2-1-3-9-15)13-20-19(22)17-12-6-10-14-7-4-5-11-16(14)17/h1-12H,13H2,(H,20,22). The maximum atomic E-state index is 12.3. The summed E-state index contributed by atoms with van der Waals surface area (Å²) in [5.74, 6) is -0.338. The van der Waals surface area contributed by atoms with E-state index in [2.05, 4.69) is 5.32 Å². The summed E-state index contributed by atoms with van der Waals surface area (Å²) < 4.78 is 0. The summed E-state index contributed by atoms with van der Waals surface area (Å²) in [6.07, 6.45) is 0. The Hall–Kier alpha value is -2.94. The Morgan fingerprint density at radius 2 is 1.45 bits per heavy atom. The molecule has 0 aliphatic carbocycles. The lowest BCUT2D eigenvalue weighted by Crippen LogP contribution is -2.29. The first-order valence-electron chi connectivity index (χ1n) is 7.10. The van der Waals surface area contributed by atoms with Gasteiger partial charge >= 0.3 is 0 Å². The Bertz CT molecular complexity index is 820. The van der Waals surface area contributed by atoms with Crippen molar-refractivity contribution in [3.8, 4) is 0 Å². The van der Waals surface area contributed by atoms with E-state index in [9.17, 15) is 9.59 Å². The van der Waals surface area contributed by atoms with Crippen LogP contribution in [0.15, 0.2) is 72.8 Å². The SMILES string of the molecule is O=C(CNC(=O)c1cccc2ccccc12)c1ccccc1. The van der Waals surface area contributed by atoms with Crippen LogP contribution in [-0.2, 0) is 0 Å². The molecule has 108 valence electrons. The zero-order valence-electron chi connectivity index (χ0n) is 12.0. The minimum Gasteiger partial charge on any atom is -0.345 e. The van der Waals surface area contributed by atoms with Crippen LogP contribution in [0, 0.1) is 0 Å². The normalized spacial score (nSPS) is 10.4. The van der Waals surface area contributed by atoms with Crippen LogP contribution >= 0.6 is 0 Å². The summed E-state index contributed by atoms with van der Waals surface area (Å²) in [5.41, 5.74) is 1.18. The molecule has 1 N–H and O–H groups in total. The lowest BCUT2D eigenvalue weighted by molar-refractivity contribution is 0.0905. The summed E-state index contributed by atoms with van der Waals surface area (Å²) in [4.78, 5) is 24.4. The number of fused-ring (bicyclic) bond motifs is 1. The van der Waals surface area contributed by atoms with Crippen LogP contribution in [0.2, 0.25) is 0 Å². The molecule has 3 nitrogen and oxygen atoms in total. The summed E-state index contributed by atoms with van der Waals surface area (Å²) in [6, 6.07) is 22.2. The molecule has 0 saturated carbocycles. The summed E-state index contributed by atoms with van der Waals surface area (Å²) in [6.45, 7) is -0.00787. The van der Waals surface area contributed by atoms with Crippen molar-refractivity contribution >= 4 is 22.5 Å². The molecular weight excluding hydrogens is 274 g/mol. The predicted molar refractivity (Wildman–Crippen MR) is 87.1 cm³/mol. The first kappa shape index (κ1) is 14.0. The average Bonchev–Trinajstić information content (AvgIpc) is 2.59. The Kier molecular flexibility index (Phi) is 3.97. The molecule has 3 heteroatoms. The molecule has 3 aromatic carbocycles. The van der Waals surface area contributed by atoms with Gasteiger partial charge in [0.15, 0.2) is 5.78 Å². The van der Waals surface area contributed by atoms with E-state index in [0.717, 1.165) is 10.8 Å². The van der Waals surface area contributed by atoms with E-state index in [1.54, 1.807) is 30.3 Å². The molecule has 0 atom stereocenters. The van der Waals surface area contributed by atoms with Crippen molar-refractivity contribution in [3.63, 3.8) is 0 Å². The van der Waals surface area contributed by atoms with Crippen molar-refractivity contribution in [1.82, 2.24) is 5.32 Å². The third kappa shape index (κ3) is 2.88. The van der Waals surface area contributed by atoms with Gasteiger partial charge in [0.25, 0.3) is 5.91 Å². The summed E-state index contributed by atoms with van der Waals surface area (Å²) in [5, 5.41) is 4.59. The van der Waals surface area contributed by atoms with Crippen LogP contribution in [0.25, 0.3) is 10.8 Å². The van der Waals surface area contributed by atoms with E-state index >= 15 is 0 Å². The molecule has 22 heavy (non-hydrogen) atoms. The lowest BCUT2D eigenvalue weighted by atomic mass is 10.0. The molecule has 0 unspecified atom stereocenters. The second kappa shape index (κ2) is 6.22. The second-order valence-corrected chi connectivity index (χ2v) is 5.00. The molecule has 0 fully saturated rings. The fraction of sp³-hybridized carbons (Fsp3) is 0.0526. The van der Waals surface area contributed by atoms with E-state index in [1.165, 1.54) is 0 Å². The molecule has 1 amide bonds. The molecule has 0 saturated heterocycles. The number of carbonyl (C=O) groups excluding carboxylic acids is 2. The van der Waals surface area contributed by atoms with Crippen LogP contribution < -0.4 is 5.32 Å². The summed E-state index contributed by atoms with van der Waals surface area (Å²) >= 11 is 0. The average molecular weight is 289 g/mol. The van der Waals surface area contributed by atoms with Crippen molar-refractivity contribution in [2.75, 3.05) is 6.54 Å². The molecule has 0 bridgehead atoms. The van der Waals surface area contributed by atoms with Gasteiger partial charge in [-0.1, -0.05) is 66.7 Å². The maximum absolute atomic E-state index is 12.3. The fourth-order valence-corrected chi connectivity index (χ4v) is 2.41. The number of amides is 1. The van der Waals surface area contributed by atoms with Gasteiger partial charge in [0, 0.05) is 11.1 Å². The molecule has 0 aliphatic rings. The van der Waals surface area contributed by atoms with E-state index in [0.29, 0.717) is 11.1 Å². The van der Waals surface area contributed by atoms with Gasteiger partial charge in [-0.05, 0) is 16.8 Å². The zero-order chi connectivity index (χ0) is 15.4. The Labute approximate surface area is 128 Å². The molecule has 3 aromatic rings. The van der Waals surface area contributed by atoms with Crippen LogP contribution in [0.4, 0.5) is 0 Å². The van der Waals surface area contributed by atoms with Crippen molar-refractivity contribution in [1.29, 1.82) is 0 Å². The number of rotatable bonds is 4. The van der Waals surface area contributed by atoms with Gasteiger partial charge in [0.05, 0.1) is 6.54 Å². The van der Waals surface area contributed by atoms with Crippen molar-refractivity contribution < 1.29 is 9.59 Å². The van der Waals surface area contributed by atoms with Gasteiger partial charge in [0.2, 0.25) is 0 Å². The highest BCUT2D eigenvalue weighted by Crippen LogP contribution is 2.18. The van der Waals surface area contributed by atoms with Gasteiger partial charge in [0.1, 0.15) is 0 Å². The number of benzene rings is 3. The molecular formula is C19H15NO2. The number of hydrogen-bond acceptors (Lipinski definition) is 2. The predicted octanol–water partition coefficient (Wildman–Crippen LogP) is 3.45. The number of hydrogen-bond donors (Lipinski definition) is 1. The smallest absolute Gasteiger partial charge is 0.252 e. The third-order valence-electron chi connectivity index (χ3n) is 3.54. The van der Waals surface area contributed by atoms with Crippen molar-refractivity contribution in [3.05, 3.63) is 83.9 Å². The molecule has 0 aliphatic heterocycles. The van der Waals surface area contributed by atoms with Crippen LogP contribution in [0.3, 0.4) is 0 Å². The first-order chi connectivity index (χ1) is 10.8. The van der Waals surface area contributed by atoms with Crippen LogP contribution in [0.5, 0.6) is 0 Å². The Morgan fingerprint density at radius 1 is 0.773 bits per heavy atom. The van der Waals surface area contributed by atoms with Gasteiger partial charge in [-0.15, -0.1) is 0 Å². The maximum Gasteiger partial charge on any atom is 0.252 e. The second-order valence-electron chi connectivity index (χ2n) is 5.00. The van der Waals surface area contributed by atoms with E-state index in [-0.39, 0.29) is 18.2 Å². The highest BCUT2D eigenvalue weighted by atomic mass is 16.2. The number of Topliss-reactive ketones (excluding diaryl/α,β-unsaturated/α-hetero) is 1. The topological polar surface area (TPSA) is 46.2 Å². The molecule has 3 rings (SSSR count). The van der Waals surface area contributed by atoms with E-state index in [4.69, 9.17) is 0 Å². The Morgan fingerprint density at radius 3 is 2.27 bits per heavy atom.